The van der Waals surface area contributed by atoms with Crippen LogP contribution in [0.15, 0.2) is 48.5 Å². The van der Waals surface area contributed by atoms with Gasteiger partial charge in [0.05, 0.1) is 5.92 Å². The molecule has 1 fully saturated rings. The monoisotopic (exact) mass is 406 g/mol. The Morgan fingerprint density at radius 1 is 1.17 bits per heavy atom. The maximum absolute atomic E-state index is 12.8. The number of rotatable bonds is 5. The van der Waals surface area contributed by atoms with E-state index in [2.05, 4.69) is 40.6 Å². The molecule has 1 atom stereocenters. The third-order valence-corrected chi connectivity index (χ3v) is 6.31. The summed E-state index contributed by atoms with van der Waals surface area (Å²) in [7, 11) is 0. The number of nitrogens with zero attached hydrogens (tertiary/aromatic N) is 3. The average Bonchev–Trinajstić information content (AvgIpc) is 3.20. The van der Waals surface area contributed by atoms with Crippen LogP contribution in [0.5, 0.6) is 0 Å². The first-order valence-electron chi connectivity index (χ1n) is 10.1. The molecular weight excluding hydrogens is 380 g/mol. The van der Waals surface area contributed by atoms with Gasteiger partial charge in [0.25, 0.3) is 0 Å². The van der Waals surface area contributed by atoms with Gasteiger partial charge in [0.1, 0.15) is 5.82 Å². The summed E-state index contributed by atoms with van der Waals surface area (Å²) in [5.74, 6) is 0.900. The first-order valence-corrected chi connectivity index (χ1v) is 10.9. The van der Waals surface area contributed by atoms with Crippen LogP contribution in [0.25, 0.3) is 0 Å². The van der Waals surface area contributed by atoms with Crippen molar-refractivity contribution in [2.24, 2.45) is 5.92 Å². The van der Waals surface area contributed by atoms with E-state index in [9.17, 15) is 4.79 Å². The second-order valence-electron chi connectivity index (χ2n) is 7.73. The van der Waals surface area contributed by atoms with Crippen molar-refractivity contribution in [3.63, 3.8) is 0 Å². The minimum absolute atomic E-state index is 0.0353. The van der Waals surface area contributed by atoms with Crippen LogP contribution in [0.3, 0.4) is 0 Å². The van der Waals surface area contributed by atoms with Crippen LogP contribution in [0.4, 0.5) is 10.8 Å². The second kappa shape index (κ2) is 8.74. The van der Waals surface area contributed by atoms with Gasteiger partial charge in [-0.15, -0.1) is 0 Å². The van der Waals surface area contributed by atoms with Crippen LogP contribution in [0.1, 0.15) is 35.4 Å². The predicted octanol–water partition coefficient (Wildman–Crippen LogP) is 4.60. The predicted molar refractivity (Wildman–Crippen MR) is 119 cm³/mol. The number of aryl methyl sites for hydroxylation is 2. The number of piperidine rings is 1. The molecule has 150 valence electrons. The smallest absolute Gasteiger partial charge is 0.229 e. The Labute approximate surface area is 176 Å². The lowest BCUT2D eigenvalue weighted by Gasteiger charge is -2.31. The Kier molecular flexibility index (Phi) is 5.90. The van der Waals surface area contributed by atoms with Crippen LogP contribution in [-0.4, -0.2) is 28.4 Å². The van der Waals surface area contributed by atoms with Crippen molar-refractivity contribution in [1.29, 1.82) is 0 Å². The Bertz CT molecular complexity index is 986. The Hall–Kier alpha value is -2.73. The second-order valence-corrected chi connectivity index (χ2v) is 8.46. The number of amides is 1. The summed E-state index contributed by atoms with van der Waals surface area (Å²) in [6, 6.07) is 16.3. The van der Waals surface area contributed by atoms with Crippen molar-refractivity contribution in [1.82, 2.24) is 9.36 Å². The van der Waals surface area contributed by atoms with E-state index in [1.54, 1.807) is 0 Å². The van der Waals surface area contributed by atoms with Gasteiger partial charge in [-0.3, -0.25) is 4.79 Å². The lowest BCUT2D eigenvalue weighted by Crippen LogP contribution is -2.40. The first-order chi connectivity index (χ1) is 14.1. The summed E-state index contributed by atoms with van der Waals surface area (Å²) < 4.78 is 4.53. The summed E-state index contributed by atoms with van der Waals surface area (Å²) in [5, 5.41) is 4.01. The van der Waals surface area contributed by atoms with Crippen molar-refractivity contribution < 1.29 is 4.79 Å². The number of benzene rings is 2. The van der Waals surface area contributed by atoms with Crippen molar-refractivity contribution in [3.05, 3.63) is 71.0 Å². The van der Waals surface area contributed by atoms with Crippen molar-refractivity contribution >= 4 is 28.3 Å². The van der Waals surface area contributed by atoms with Gasteiger partial charge in [-0.05, 0) is 55.5 Å². The van der Waals surface area contributed by atoms with Crippen LogP contribution in [0.2, 0.25) is 0 Å². The molecule has 2 heterocycles. The Morgan fingerprint density at radius 3 is 2.79 bits per heavy atom. The molecule has 0 spiro atoms. The zero-order valence-corrected chi connectivity index (χ0v) is 17.7. The number of nitrogens with one attached hydrogen (secondary N) is 1. The summed E-state index contributed by atoms with van der Waals surface area (Å²) in [6.45, 7) is 5.76. The molecule has 5 nitrogen and oxygen atoms in total. The molecule has 1 N–H and O–H groups in total. The molecule has 6 heteroatoms. The zero-order chi connectivity index (χ0) is 20.2. The van der Waals surface area contributed by atoms with Gasteiger partial charge >= 0.3 is 0 Å². The van der Waals surface area contributed by atoms with Crippen molar-refractivity contribution in [3.8, 4) is 0 Å². The standard InChI is InChI=1S/C23H26N4OS/c1-16-10-11-20(13-17(16)2)24-22(28)19-9-6-12-27(15-19)23-25-21(26-29-23)14-18-7-4-3-5-8-18/h3-5,7-8,10-11,13,19H,6,9,12,14-15H2,1-2H3,(H,24,28). The van der Waals surface area contributed by atoms with Gasteiger partial charge in [-0.1, -0.05) is 36.4 Å². The van der Waals surface area contributed by atoms with Crippen molar-refractivity contribution in [2.75, 3.05) is 23.3 Å². The Morgan fingerprint density at radius 2 is 2.00 bits per heavy atom. The fraction of sp³-hybridized carbons (Fsp3) is 0.348. The van der Waals surface area contributed by atoms with E-state index < -0.39 is 0 Å². The van der Waals surface area contributed by atoms with Gasteiger partial charge in [-0.2, -0.15) is 4.37 Å². The molecular formula is C23H26N4OS. The molecule has 1 aromatic heterocycles. The number of carbonyl (C=O) groups is 1. The normalized spacial score (nSPS) is 16.6. The number of aromatic nitrogens is 2. The van der Waals surface area contributed by atoms with E-state index in [0.717, 1.165) is 42.5 Å². The van der Waals surface area contributed by atoms with E-state index in [1.165, 1.54) is 28.2 Å². The fourth-order valence-electron chi connectivity index (χ4n) is 3.65. The zero-order valence-electron chi connectivity index (χ0n) is 16.9. The van der Waals surface area contributed by atoms with E-state index in [0.29, 0.717) is 6.54 Å². The maximum atomic E-state index is 12.8. The maximum Gasteiger partial charge on any atom is 0.229 e. The number of anilines is 2. The summed E-state index contributed by atoms with van der Waals surface area (Å²) in [4.78, 5) is 19.8. The van der Waals surface area contributed by atoms with Crippen molar-refractivity contribution in [2.45, 2.75) is 33.1 Å². The third kappa shape index (κ3) is 4.82. The summed E-state index contributed by atoms with van der Waals surface area (Å²) >= 11 is 1.43. The largest absolute Gasteiger partial charge is 0.346 e. The van der Waals surface area contributed by atoms with Gasteiger partial charge in [0.2, 0.25) is 11.0 Å². The van der Waals surface area contributed by atoms with Crippen LogP contribution < -0.4 is 10.2 Å². The molecule has 29 heavy (non-hydrogen) atoms. The molecule has 1 aliphatic rings. The first kappa shape index (κ1) is 19.6. The quantitative estimate of drug-likeness (QED) is 0.673. The fourth-order valence-corrected chi connectivity index (χ4v) is 4.37. The average molecular weight is 407 g/mol. The SMILES string of the molecule is Cc1ccc(NC(=O)C2CCCN(c3nc(Cc4ccccc4)ns3)C2)cc1C. The van der Waals surface area contributed by atoms with E-state index >= 15 is 0 Å². The number of carbonyl (C=O) groups excluding carboxylic acids is 1. The molecule has 0 aliphatic carbocycles. The highest BCUT2D eigenvalue weighted by atomic mass is 32.1. The molecule has 1 saturated heterocycles. The molecule has 4 rings (SSSR count). The minimum atomic E-state index is -0.0353. The highest BCUT2D eigenvalue weighted by Crippen LogP contribution is 2.26. The molecule has 0 bridgehead atoms. The molecule has 2 aromatic carbocycles. The summed E-state index contributed by atoms with van der Waals surface area (Å²) in [5.41, 5.74) is 4.50. The third-order valence-electron chi connectivity index (χ3n) is 5.50. The molecule has 1 amide bonds. The molecule has 0 radical (unpaired) electrons. The highest BCUT2D eigenvalue weighted by Gasteiger charge is 2.27. The van der Waals surface area contributed by atoms with Gasteiger partial charge in [-0.25, -0.2) is 4.98 Å². The van der Waals surface area contributed by atoms with E-state index in [4.69, 9.17) is 4.98 Å². The van der Waals surface area contributed by atoms with E-state index in [-0.39, 0.29) is 11.8 Å². The topological polar surface area (TPSA) is 58.1 Å². The van der Waals surface area contributed by atoms with Gasteiger partial charge in [0, 0.05) is 36.7 Å². The molecule has 1 aliphatic heterocycles. The highest BCUT2D eigenvalue weighted by molar-refractivity contribution is 7.09. The molecule has 0 saturated carbocycles. The van der Waals surface area contributed by atoms with E-state index in [1.807, 2.05) is 36.4 Å². The summed E-state index contributed by atoms with van der Waals surface area (Å²) in [6.07, 6.45) is 2.63. The van der Waals surface area contributed by atoms with Crippen LogP contribution >= 0.6 is 11.5 Å². The van der Waals surface area contributed by atoms with Gasteiger partial charge < -0.3 is 10.2 Å². The molecule has 1 unspecified atom stereocenters. The lowest BCUT2D eigenvalue weighted by atomic mass is 9.97. The van der Waals surface area contributed by atoms with Crippen LogP contribution in [-0.2, 0) is 11.2 Å². The Balaban J connectivity index is 1.39. The van der Waals surface area contributed by atoms with Gasteiger partial charge in [0.15, 0.2) is 0 Å². The minimum Gasteiger partial charge on any atom is -0.346 e. The van der Waals surface area contributed by atoms with Crippen LogP contribution in [0, 0.1) is 19.8 Å². The lowest BCUT2D eigenvalue weighted by molar-refractivity contribution is -0.120. The molecule has 3 aromatic rings. The number of hydrogen-bond donors (Lipinski definition) is 1. The number of hydrogen-bond acceptors (Lipinski definition) is 5.